The van der Waals surface area contributed by atoms with Crippen LogP contribution in [0.2, 0.25) is 0 Å². The highest BCUT2D eigenvalue weighted by Gasteiger charge is 2.02. The zero-order valence-corrected chi connectivity index (χ0v) is 15.8. The number of benzene rings is 2. The summed E-state index contributed by atoms with van der Waals surface area (Å²) in [5.41, 5.74) is 2.80. The van der Waals surface area contributed by atoms with Crippen LogP contribution in [0.5, 0.6) is 5.75 Å². The second kappa shape index (κ2) is 9.59. The smallest absolute Gasteiger partial charge is 0.248 e. The van der Waals surface area contributed by atoms with Crippen molar-refractivity contribution in [2.75, 3.05) is 12.4 Å². The average molecular weight is 376 g/mol. The Morgan fingerprint density at radius 1 is 1.11 bits per heavy atom. The zero-order chi connectivity index (χ0) is 18.9. The van der Waals surface area contributed by atoms with Crippen molar-refractivity contribution >= 4 is 29.4 Å². The van der Waals surface area contributed by atoms with Crippen LogP contribution in [0, 0.1) is 0 Å². The third-order valence-electron chi connectivity index (χ3n) is 3.80. The third-order valence-corrected chi connectivity index (χ3v) is 4.89. The molecule has 0 spiro atoms. The molecule has 1 amide bonds. The van der Waals surface area contributed by atoms with Crippen molar-refractivity contribution in [2.45, 2.75) is 10.6 Å². The summed E-state index contributed by atoms with van der Waals surface area (Å²) < 4.78 is 5.27. The molecule has 0 fully saturated rings. The van der Waals surface area contributed by atoms with Crippen molar-refractivity contribution in [2.24, 2.45) is 0 Å². The maximum atomic E-state index is 12.1. The van der Waals surface area contributed by atoms with Crippen molar-refractivity contribution in [1.82, 2.24) is 4.98 Å². The first-order valence-corrected chi connectivity index (χ1v) is 9.47. The molecule has 4 nitrogen and oxygen atoms in total. The molecule has 0 saturated carbocycles. The second-order valence-electron chi connectivity index (χ2n) is 5.74. The average Bonchev–Trinajstić information content (AvgIpc) is 2.72. The number of ether oxygens (including phenoxy) is 1. The van der Waals surface area contributed by atoms with Crippen molar-refractivity contribution in [3.05, 3.63) is 90.3 Å². The molecule has 5 heteroatoms. The number of pyridine rings is 1. The number of aromatic nitrogens is 1. The van der Waals surface area contributed by atoms with Crippen LogP contribution in [-0.2, 0) is 10.5 Å². The monoisotopic (exact) mass is 376 g/mol. The Morgan fingerprint density at radius 2 is 1.93 bits per heavy atom. The Morgan fingerprint density at radius 3 is 2.67 bits per heavy atom. The molecular weight excluding hydrogens is 356 g/mol. The largest absolute Gasteiger partial charge is 0.496 e. The Kier molecular flexibility index (Phi) is 6.66. The minimum atomic E-state index is -0.184. The molecule has 1 heterocycles. The molecule has 1 aromatic heterocycles. The van der Waals surface area contributed by atoms with Gasteiger partial charge in [0.15, 0.2) is 0 Å². The fourth-order valence-electron chi connectivity index (χ4n) is 2.44. The van der Waals surface area contributed by atoms with E-state index in [9.17, 15) is 4.79 Å². The summed E-state index contributed by atoms with van der Waals surface area (Å²) in [6.45, 7) is 0. The normalized spacial score (nSPS) is 10.7. The van der Waals surface area contributed by atoms with E-state index >= 15 is 0 Å². The fraction of sp³-hybridized carbons (Fsp3) is 0.0909. The van der Waals surface area contributed by atoms with Gasteiger partial charge in [-0.1, -0.05) is 24.3 Å². The minimum Gasteiger partial charge on any atom is -0.496 e. The first-order valence-electron chi connectivity index (χ1n) is 8.48. The molecule has 0 aliphatic heterocycles. The molecule has 0 saturated heterocycles. The van der Waals surface area contributed by atoms with E-state index in [0.717, 1.165) is 27.6 Å². The van der Waals surface area contributed by atoms with Gasteiger partial charge in [0, 0.05) is 40.4 Å². The van der Waals surface area contributed by atoms with E-state index in [1.165, 1.54) is 11.6 Å². The van der Waals surface area contributed by atoms with Crippen LogP contribution < -0.4 is 10.1 Å². The standard InChI is InChI=1S/C22H20N2O2S/c1-26-21-7-3-2-6-18(21)8-13-22(25)24-19-9-11-20(12-10-19)27-16-17-5-4-14-23-15-17/h2-15H,16H2,1H3,(H,24,25)/b13-8+. The predicted octanol–water partition coefficient (Wildman–Crippen LogP) is 5.03. The summed E-state index contributed by atoms with van der Waals surface area (Å²) in [7, 11) is 1.61. The third kappa shape index (κ3) is 5.72. The lowest BCUT2D eigenvalue weighted by Gasteiger charge is -2.06. The fourth-order valence-corrected chi connectivity index (χ4v) is 3.27. The topological polar surface area (TPSA) is 51.2 Å². The quantitative estimate of drug-likeness (QED) is 0.464. The van der Waals surface area contributed by atoms with Crippen LogP contribution in [0.15, 0.2) is 84.0 Å². The summed E-state index contributed by atoms with van der Waals surface area (Å²) in [6.07, 6.45) is 6.89. The zero-order valence-electron chi connectivity index (χ0n) is 15.0. The van der Waals surface area contributed by atoms with Gasteiger partial charge >= 0.3 is 0 Å². The molecule has 136 valence electrons. The highest BCUT2D eigenvalue weighted by molar-refractivity contribution is 7.98. The second-order valence-corrected chi connectivity index (χ2v) is 6.79. The van der Waals surface area contributed by atoms with Gasteiger partial charge in [0.05, 0.1) is 7.11 Å². The molecule has 2 aromatic carbocycles. The van der Waals surface area contributed by atoms with Gasteiger partial charge in [-0.25, -0.2) is 0 Å². The molecule has 0 atom stereocenters. The summed E-state index contributed by atoms with van der Waals surface area (Å²) in [5.74, 6) is 1.41. The molecule has 0 aliphatic rings. The number of thioether (sulfide) groups is 1. The highest BCUT2D eigenvalue weighted by Crippen LogP contribution is 2.24. The van der Waals surface area contributed by atoms with E-state index in [0.29, 0.717) is 0 Å². The van der Waals surface area contributed by atoms with E-state index in [4.69, 9.17) is 4.74 Å². The maximum Gasteiger partial charge on any atom is 0.248 e. The van der Waals surface area contributed by atoms with E-state index in [2.05, 4.69) is 16.4 Å². The number of carbonyl (C=O) groups is 1. The Balaban J connectivity index is 1.54. The van der Waals surface area contributed by atoms with Gasteiger partial charge in [-0.15, -0.1) is 11.8 Å². The molecule has 3 aromatic rings. The van der Waals surface area contributed by atoms with Crippen LogP contribution in [0.25, 0.3) is 6.08 Å². The lowest BCUT2D eigenvalue weighted by molar-refractivity contribution is -0.111. The lowest BCUT2D eigenvalue weighted by Crippen LogP contribution is -2.07. The number of methoxy groups -OCH3 is 1. The number of para-hydroxylation sites is 1. The van der Waals surface area contributed by atoms with Crippen LogP contribution in [0.1, 0.15) is 11.1 Å². The van der Waals surface area contributed by atoms with Crippen molar-refractivity contribution < 1.29 is 9.53 Å². The number of hydrogen-bond acceptors (Lipinski definition) is 4. The summed E-state index contributed by atoms with van der Waals surface area (Å²) in [5, 5.41) is 2.86. The summed E-state index contributed by atoms with van der Waals surface area (Å²) in [6, 6.07) is 19.4. The number of amides is 1. The van der Waals surface area contributed by atoms with Crippen molar-refractivity contribution in [3.8, 4) is 5.75 Å². The van der Waals surface area contributed by atoms with Crippen LogP contribution in [0.4, 0.5) is 5.69 Å². The molecule has 27 heavy (non-hydrogen) atoms. The number of rotatable bonds is 7. The molecule has 0 unspecified atom stereocenters. The van der Waals surface area contributed by atoms with Crippen molar-refractivity contribution in [1.29, 1.82) is 0 Å². The van der Waals surface area contributed by atoms with Gasteiger partial charge in [-0.2, -0.15) is 0 Å². The first kappa shape index (κ1) is 18.7. The van der Waals surface area contributed by atoms with Gasteiger partial charge in [-0.3, -0.25) is 9.78 Å². The molecule has 0 radical (unpaired) electrons. The van der Waals surface area contributed by atoms with Gasteiger partial charge in [0.25, 0.3) is 0 Å². The summed E-state index contributed by atoms with van der Waals surface area (Å²) >= 11 is 1.73. The number of hydrogen-bond donors (Lipinski definition) is 1. The van der Waals surface area contributed by atoms with Gasteiger partial charge in [-0.05, 0) is 48.0 Å². The maximum absolute atomic E-state index is 12.1. The van der Waals surface area contributed by atoms with E-state index in [-0.39, 0.29) is 5.91 Å². The van der Waals surface area contributed by atoms with Gasteiger partial charge in [0.1, 0.15) is 5.75 Å². The lowest BCUT2D eigenvalue weighted by atomic mass is 10.2. The Labute approximate surface area is 163 Å². The molecular formula is C22H20N2O2S. The minimum absolute atomic E-state index is 0.184. The molecule has 3 rings (SSSR count). The van der Waals surface area contributed by atoms with Crippen molar-refractivity contribution in [3.63, 3.8) is 0 Å². The highest BCUT2D eigenvalue weighted by atomic mass is 32.2. The van der Waals surface area contributed by atoms with Crippen LogP contribution in [0.3, 0.4) is 0 Å². The van der Waals surface area contributed by atoms with E-state index < -0.39 is 0 Å². The van der Waals surface area contributed by atoms with E-state index in [1.54, 1.807) is 31.1 Å². The SMILES string of the molecule is COc1ccccc1/C=C/C(=O)Nc1ccc(SCc2cccnc2)cc1. The van der Waals surface area contributed by atoms with Gasteiger partial charge < -0.3 is 10.1 Å². The Hall–Kier alpha value is -3.05. The molecule has 0 bridgehead atoms. The number of nitrogens with one attached hydrogen (secondary N) is 1. The Bertz CT molecular complexity index is 909. The first-order chi connectivity index (χ1) is 13.2. The van der Waals surface area contributed by atoms with Crippen LogP contribution >= 0.6 is 11.8 Å². The number of carbonyl (C=O) groups excluding carboxylic acids is 1. The molecule has 1 N–H and O–H groups in total. The van der Waals surface area contributed by atoms with E-state index in [1.807, 2.05) is 60.8 Å². The van der Waals surface area contributed by atoms with Crippen LogP contribution in [-0.4, -0.2) is 18.0 Å². The number of nitrogens with zero attached hydrogens (tertiary/aromatic N) is 1. The summed E-state index contributed by atoms with van der Waals surface area (Å²) in [4.78, 5) is 17.4. The van der Waals surface area contributed by atoms with Gasteiger partial charge in [0.2, 0.25) is 5.91 Å². The molecule has 0 aliphatic carbocycles. The number of anilines is 1. The predicted molar refractivity (Wildman–Crippen MR) is 111 cm³/mol.